The van der Waals surface area contributed by atoms with E-state index >= 15 is 0 Å². The van der Waals surface area contributed by atoms with Crippen LogP contribution in [0.3, 0.4) is 0 Å². The summed E-state index contributed by atoms with van der Waals surface area (Å²) < 4.78 is 0. The molecule has 14 heavy (non-hydrogen) atoms. The van der Waals surface area contributed by atoms with Gasteiger partial charge in [0.25, 0.3) is 0 Å². The molecule has 4 heteroatoms. The molecule has 2 unspecified atom stereocenters. The van der Waals surface area contributed by atoms with E-state index < -0.39 is 5.97 Å². The lowest BCUT2D eigenvalue weighted by Gasteiger charge is -2.23. The number of carbonyl (C=O) groups is 1. The van der Waals surface area contributed by atoms with Gasteiger partial charge in [-0.3, -0.25) is 4.79 Å². The Hall–Kier alpha value is -1.08. The van der Waals surface area contributed by atoms with Crippen LogP contribution in [0.25, 0.3) is 0 Å². The molecule has 0 saturated carbocycles. The Morgan fingerprint density at radius 1 is 1.50 bits per heavy atom. The highest BCUT2D eigenvalue weighted by molar-refractivity contribution is 5.69. The third-order valence-corrected chi connectivity index (χ3v) is 2.15. The third-order valence-electron chi connectivity index (χ3n) is 2.15. The van der Waals surface area contributed by atoms with Crippen LogP contribution in [0.4, 0.5) is 0 Å². The first-order valence-corrected chi connectivity index (χ1v) is 4.86. The quantitative estimate of drug-likeness (QED) is 0.696. The van der Waals surface area contributed by atoms with Gasteiger partial charge in [-0.1, -0.05) is 13.8 Å². The second-order valence-electron chi connectivity index (χ2n) is 3.62. The van der Waals surface area contributed by atoms with Gasteiger partial charge < -0.3 is 10.0 Å². The number of aliphatic carboxylic acids is 1. The van der Waals surface area contributed by atoms with Crippen molar-refractivity contribution in [2.75, 3.05) is 19.6 Å². The molecule has 0 radical (unpaired) electrons. The fraction of sp³-hybridized carbons (Fsp3) is 0.800. The van der Waals surface area contributed by atoms with E-state index in [1.54, 1.807) is 6.92 Å². The average Bonchev–Trinajstić information content (AvgIpc) is 2.16. The molecule has 0 amide bonds. The minimum atomic E-state index is -0.784. The monoisotopic (exact) mass is 198 g/mol. The van der Waals surface area contributed by atoms with Gasteiger partial charge in [-0.15, -0.1) is 0 Å². The van der Waals surface area contributed by atoms with Gasteiger partial charge in [0.2, 0.25) is 0 Å². The topological polar surface area (TPSA) is 64.3 Å². The van der Waals surface area contributed by atoms with E-state index in [0.29, 0.717) is 13.1 Å². The van der Waals surface area contributed by atoms with Crippen LogP contribution in [0, 0.1) is 23.2 Å². The van der Waals surface area contributed by atoms with Crippen LogP contribution >= 0.6 is 0 Å². The first-order valence-electron chi connectivity index (χ1n) is 4.86. The van der Waals surface area contributed by atoms with Gasteiger partial charge in [0.15, 0.2) is 0 Å². The zero-order chi connectivity index (χ0) is 11.1. The standard InChI is InChI=1S/C10H18N2O2/c1-4-12(6-8(2)5-11)7-9(3)10(13)14/h8-9H,4,6-7H2,1-3H3,(H,13,14). The van der Waals surface area contributed by atoms with Crippen molar-refractivity contribution in [2.45, 2.75) is 20.8 Å². The van der Waals surface area contributed by atoms with Crippen molar-refractivity contribution in [3.05, 3.63) is 0 Å². The van der Waals surface area contributed by atoms with E-state index in [0.717, 1.165) is 6.54 Å². The van der Waals surface area contributed by atoms with Gasteiger partial charge in [0.1, 0.15) is 0 Å². The number of carboxylic acid groups (broad SMARTS) is 1. The molecular weight excluding hydrogens is 180 g/mol. The molecule has 0 aliphatic heterocycles. The normalized spacial score (nSPS) is 14.8. The van der Waals surface area contributed by atoms with E-state index in [4.69, 9.17) is 10.4 Å². The molecule has 80 valence electrons. The van der Waals surface area contributed by atoms with Crippen LogP contribution in [0.2, 0.25) is 0 Å². The molecule has 0 spiro atoms. The molecule has 0 heterocycles. The van der Waals surface area contributed by atoms with Crippen molar-refractivity contribution >= 4 is 5.97 Å². The number of hydrogen-bond donors (Lipinski definition) is 1. The van der Waals surface area contributed by atoms with Gasteiger partial charge in [0, 0.05) is 13.1 Å². The lowest BCUT2D eigenvalue weighted by atomic mass is 10.1. The SMILES string of the molecule is CCN(CC(C)C#N)CC(C)C(=O)O. The molecule has 0 aromatic carbocycles. The summed E-state index contributed by atoms with van der Waals surface area (Å²) >= 11 is 0. The van der Waals surface area contributed by atoms with Gasteiger partial charge >= 0.3 is 5.97 Å². The predicted octanol–water partition coefficient (Wildman–Crippen LogP) is 1.19. The molecule has 1 N–H and O–H groups in total. The lowest BCUT2D eigenvalue weighted by Crippen LogP contribution is -2.34. The summed E-state index contributed by atoms with van der Waals surface area (Å²) in [5.74, 6) is -1.20. The Kier molecular flexibility index (Phi) is 5.89. The summed E-state index contributed by atoms with van der Waals surface area (Å²) in [7, 11) is 0. The van der Waals surface area contributed by atoms with Crippen LogP contribution in [0.15, 0.2) is 0 Å². The second-order valence-corrected chi connectivity index (χ2v) is 3.62. The van der Waals surface area contributed by atoms with Crippen LogP contribution in [0.5, 0.6) is 0 Å². The van der Waals surface area contributed by atoms with Crippen LogP contribution in [-0.4, -0.2) is 35.6 Å². The zero-order valence-electron chi connectivity index (χ0n) is 9.03. The van der Waals surface area contributed by atoms with Gasteiger partial charge in [-0.05, 0) is 13.5 Å². The van der Waals surface area contributed by atoms with Crippen molar-refractivity contribution in [3.8, 4) is 6.07 Å². The average molecular weight is 198 g/mol. The molecule has 4 nitrogen and oxygen atoms in total. The van der Waals surface area contributed by atoms with Gasteiger partial charge in [-0.2, -0.15) is 5.26 Å². The van der Waals surface area contributed by atoms with E-state index in [1.165, 1.54) is 0 Å². The fourth-order valence-electron chi connectivity index (χ4n) is 1.23. The molecule has 0 rings (SSSR count). The summed E-state index contributed by atoms with van der Waals surface area (Å²) in [6, 6.07) is 2.14. The van der Waals surface area contributed by atoms with Crippen molar-refractivity contribution in [3.63, 3.8) is 0 Å². The van der Waals surface area contributed by atoms with E-state index in [1.807, 2.05) is 18.7 Å². The minimum absolute atomic E-state index is 0.0454. The van der Waals surface area contributed by atoms with Crippen molar-refractivity contribution in [1.29, 1.82) is 5.26 Å². The fourth-order valence-corrected chi connectivity index (χ4v) is 1.23. The van der Waals surface area contributed by atoms with E-state index in [2.05, 4.69) is 6.07 Å². The second kappa shape index (κ2) is 6.39. The summed E-state index contributed by atoms with van der Waals surface area (Å²) in [4.78, 5) is 12.6. The predicted molar refractivity (Wildman–Crippen MR) is 53.7 cm³/mol. The minimum Gasteiger partial charge on any atom is -0.481 e. The summed E-state index contributed by atoms with van der Waals surface area (Å²) in [5, 5.41) is 17.4. The maximum Gasteiger partial charge on any atom is 0.307 e. The number of nitrogens with zero attached hydrogens (tertiary/aromatic N) is 2. The molecule has 0 saturated heterocycles. The highest BCUT2D eigenvalue weighted by Gasteiger charge is 2.16. The summed E-state index contributed by atoms with van der Waals surface area (Å²) in [6.07, 6.45) is 0. The smallest absolute Gasteiger partial charge is 0.307 e. The summed E-state index contributed by atoms with van der Waals surface area (Å²) in [5.41, 5.74) is 0. The van der Waals surface area contributed by atoms with Gasteiger partial charge in [-0.25, -0.2) is 0 Å². The molecular formula is C10H18N2O2. The van der Waals surface area contributed by atoms with Crippen molar-refractivity contribution in [2.24, 2.45) is 11.8 Å². The highest BCUT2D eigenvalue weighted by atomic mass is 16.4. The maximum absolute atomic E-state index is 10.6. The molecule has 2 atom stereocenters. The molecule has 0 aromatic rings. The molecule has 0 aromatic heterocycles. The number of nitriles is 1. The molecule has 0 aliphatic carbocycles. The van der Waals surface area contributed by atoms with Crippen LogP contribution in [-0.2, 0) is 4.79 Å². The summed E-state index contributed by atoms with van der Waals surface area (Å²) in [6.45, 7) is 7.43. The maximum atomic E-state index is 10.6. The van der Waals surface area contributed by atoms with Crippen LogP contribution in [0.1, 0.15) is 20.8 Å². The third kappa shape index (κ3) is 4.83. The highest BCUT2D eigenvalue weighted by Crippen LogP contribution is 2.03. The molecule has 0 bridgehead atoms. The Morgan fingerprint density at radius 3 is 2.43 bits per heavy atom. The van der Waals surface area contributed by atoms with E-state index in [-0.39, 0.29) is 11.8 Å². The number of carboxylic acids is 1. The van der Waals surface area contributed by atoms with E-state index in [9.17, 15) is 4.79 Å². The first-order chi connectivity index (χ1) is 6.51. The Labute approximate surface area is 85.1 Å². The van der Waals surface area contributed by atoms with Crippen molar-refractivity contribution in [1.82, 2.24) is 4.90 Å². The largest absolute Gasteiger partial charge is 0.481 e. The molecule has 0 fully saturated rings. The van der Waals surface area contributed by atoms with Gasteiger partial charge in [0.05, 0.1) is 17.9 Å². The first kappa shape index (κ1) is 12.9. The lowest BCUT2D eigenvalue weighted by molar-refractivity contribution is -0.141. The zero-order valence-corrected chi connectivity index (χ0v) is 9.03. The van der Waals surface area contributed by atoms with Crippen molar-refractivity contribution < 1.29 is 9.90 Å². The Morgan fingerprint density at radius 2 is 2.07 bits per heavy atom. The number of hydrogen-bond acceptors (Lipinski definition) is 3. The Balaban J connectivity index is 4.04. The molecule has 0 aliphatic rings. The number of rotatable bonds is 6. The Bertz CT molecular complexity index is 223. The van der Waals surface area contributed by atoms with Crippen LogP contribution < -0.4 is 0 Å².